The van der Waals surface area contributed by atoms with Crippen LogP contribution in [0.25, 0.3) is 5.57 Å². The summed E-state index contributed by atoms with van der Waals surface area (Å²) in [6, 6.07) is 17.4. The third kappa shape index (κ3) is 5.65. The molecule has 2 aromatic carbocycles. The van der Waals surface area contributed by atoms with Crippen LogP contribution >= 0.6 is 0 Å². The molecule has 0 unspecified atom stereocenters. The SMILES string of the molecule is COC(=O)C/C(=C/CO)c1ccccc1Oc1cc(Oc2ccccc2C#N)ncn1. The largest absolute Gasteiger partial charge is 0.469 e. The maximum atomic E-state index is 11.8. The van der Waals surface area contributed by atoms with Crippen molar-refractivity contribution < 1.29 is 24.1 Å². The molecule has 0 spiro atoms. The van der Waals surface area contributed by atoms with Crippen LogP contribution in [0.2, 0.25) is 0 Å². The number of esters is 1. The van der Waals surface area contributed by atoms with Gasteiger partial charge in [0.25, 0.3) is 0 Å². The van der Waals surface area contributed by atoms with Crippen LogP contribution in [0.15, 0.2) is 67.0 Å². The topological polar surface area (TPSA) is 115 Å². The smallest absolute Gasteiger partial charge is 0.309 e. The monoisotopic (exact) mass is 417 g/mol. The summed E-state index contributed by atoms with van der Waals surface area (Å²) < 4.78 is 16.4. The number of para-hydroxylation sites is 2. The Bertz CT molecular complexity index is 1140. The van der Waals surface area contributed by atoms with Gasteiger partial charge in [0.1, 0.15) is 23.9 Å². The highest BCUT2D eigenvalue weighted by Crippen LogP contribution is 2.32. The number of carbonyl (C=O) groups is 1. The Balaban J connectivity index is 1.87. The molecule has 0 aliphatic heterocycles. The Hall–Kier alpha value is -4.22. The number of aliphatic hydroxyl groups is 1. The number of nitriles is 1. The highest BCUT2D eigenvalue weighted by molar-refractivity contribution is 5.86. The van der Waals surface area contributed by atoms with Gasteiger partial charge in [-0.2, -0.15) is 5.26 Å². The number of methoxy groups -OCH3 is 1. The van der Waals surface area contributed by atoms with Crippen LogP contribution in [0, 0.1) is 11.3 Å². The van der Waals surface area contributed by atoms with Gasteiger partial charge in [0.05, 0.1) is 31.8 Å². The fraction of sp³-hybridized carbons (Fsp3) is 0.130. The maximum Gasteiger partial charge on any atom is 0.309 e. The quantitative estimate of drug-likeness (QED) is 0.549. The maximum absolute atomic E-state index is 11.8. The van der Waals surface area contributed by atoms with Gasteiger partial charge >= 0.3 is 5.97 Å². The molecular formula is C23H19N3O5. The average molecular weight is 417 g/mol. The molecular weight excluding hydrogens is 398 g/mol. The Labute approximate surface area is 179 Å². The fourth-order valence-corrected chi connectivity index (χ4v) is 2.74. The van der Waals surface area contributed by atoms with Crippen molar-refractivity contribution in [3.05, 3.63) is 78.1 Å². The Morgan fingerprint density at radius 3 is 2.39 bits per heavy atom. The minimum atomic E-state index is -0.441. The Kier molecular flexibility index (Phi) is 7.30. The molecule has 31 heavy (non-hydrogen) atoms. The minimum Gasteiger partial charge on any atom is -0.469 e. The molecule has 1 N–H and O–H groups in total. The second-order valence-corrected chi connectivity index (χ2v) is 6.17. The van der Waals surface area contributed by atoms with Gasteiger partial charge in [0.15, 0.2) is 0 Å². The number of ether oxygens (including phenoxy) is 3. The van der Waals surface area contributed by atoms with E-state index in [0.29, 0.717) is 28.2 Å². The van der Waals surface area contributed by atoms with E-state index in [-0.39, 0.29) is 24.8 Å². The summed E-state index contributed by atoms with van der Waals surface area (Å²) >= 11 is 0. The molecule has 1 aromatic heterocycles. The number of hydrogen-bond donors (Lipinski definition) is 1. The second kappa shape index (κ2) is 10.5. The van der Waals surface area contributed by atoms with Gasteiger partial charge in [0.2, 0.25) is 11.8 Å². The van der Waals surface area contributed by atoms with E-state index in [4.69, 9.17) is 14.2 Å². The van der Waals surface area contributed by atoms with Crippen molar-refractivity contribution in [1.82, 2.24) is 9.97 Å². The molecule has 0 aliphatic rings. The minimum absolute atomic E-state index is 0.0273. The lowest BCUT2D eigenvalue weighted by molar-refractivity contribution is -0.139. The first kappa shape index (κ1) is 21.5. The van der Waals surface area contributed by atoms with Crippen LogP contribution in [0.3, 0.4) is 0 Å². The number of aliphatic hydroxyl groups excluding tert-OH is 1. The first-order valence-corrected chi connectivity index (χ1v) is 9.27. The van der Waals surface area contributed by atoms with Crippen LogP contribution in [-0.2, 0) is 9.53 Å². The van der Waals surface area contributed by atoms with Crippen LogP contribution in [0.4, 0.5) is 0 Å². The third-order valence-corrected chi connectivity index (χ3v) is 4.19. The van der Waals surface area contributed by atoms with E-state index in [9.17, 15) is 15.2 Å². The lowest BCUT2D eigenvalue weighted by Gasteiger charge is -2.13. The molecule has 3 aromatic rings. The van der Waals surface area contributed by atoms with E-state index >= 15 is 0 Å². The molecule has 3 rings (SSSR count). The van der Waals surface area contributed by atoms with Crippen molar-refractivity contribution in [2.45, 2.75) is 6.42 Å². The molecule has 0 bridgehead atoms. The highest BCUT2D eigenvalue weighted by atomic mass is 16.5. The lowest BCUT2D eigenvalue weighted by Crippen LogP contribution is -2.03. The predicted octanol–water partition coefficient (Wildman–Crippen LogP) is 3.87. The number of benzene rings is 2. The average Bonchev–Trinajstić information content (AvgIpc) is 2.80. The summed E-state index contributed by atoms with van der Waals surface area (Å²) in [5.74, 6) is 0.747. The van der Waals surface area contributed by atoms with Crippen LogP contribution < -0.4 is 9.47 Å². The Morgan fingerprint density at radius 2 is 1.71 bits per heavy atom. The number of carbonyl (C=O) groups excluding carboxylic acids is 1. The number of rotatable bonds is 8. The molecule has 0 saturated heterocycles. The van der Waals surface area contributed by atoms with Crippen molar-refractivity contribution in [1.29, 1.82) is 5.26 Å². The zero-order valence-electron chi connectivity index (χ0n) is 16.7. The van der Waals surface area contributed by atoms with Crippen molar-refractivity contribution in [2.24, 2.45) is 0 Å². The van der Waals surface area contributed by atoms with Crippen molar-refractivity contribution in [2.75, 3.05) is 13.7 Å². The molecule has 156 valence electrons. The molecule has 0 aliphatic carbocycles. The first-order valence-electron chi connectivity index (χ1n) is 9.27. The molecule has 8 nitrogen and oxygen atoms in total. The number of nitrogens with zero attached hydrogens (tertiary/aromatic N) is 3. The van der Waals surface area contributed by atoms with Crippen molar-refractivity contribution in [3.8, 4) is 29.3 Å². The highest BCUT2D eigenvalue weighted by Gasteiger charge is 2.15. The van der Waals surface area contributed by atoms with Gasteiger partial charge in [-0.05, 0) is 23.8 Å². The molecule has 1 heterocycles. The van der Waals surface area contributed by atoms with Crippen molar-refractivity contribution >= 4 is 11.5 Å². The van der Waals surface area contributed by atoms with E-state index in [1.165, 1.54) is 25.6 Å². The summed E-state index contributed by atoms with van der Waals surface area (Å²) in [6.07, 6.45) is 2.77. The van der Waals surface area contributed by atoms with Gasteiger partial charge in [-0.25, -0.2) is 9.97 Å². The summed E-state index contributed by atoms with van der Waals surface area (Å²) in [5.41, 5.74) is 1.53. The summed E-state index contributed by atoms with van der Waals surface area (Å²) in [5, 5.41) is 18.6. The molecule has 8 heteroatoms. The normalized spacial score (nSPS) is 10.8. The van der Waals surface area contributed by atoms with Gasteiger partial charge in [0, 0.05) is 5.56 Å². The van der Waals surface area contributed by atoms with E-state index < -0.39 is 5.97 Å². The third-order valence-electron chi connectivity index (χ3n) is 4.19. The van der Waals surface area contributed by atoms with Crippen LogP contribution in [0.1, 0.15) is 17.5 Å². The summed E-state index contributed by atoms with van der Waals surface area (Å²) in [4.78, 5) is 19.9. The van der Waals surface area contributed by atoms with Gasteiger partial charge in [-0.3, -0.25) is 4.79 Å². The predicted molar refractivity (Wildman–Crippen MR) is 111 cm³/mol. The first-order chi connectivity index (χ1) is 15.1. The van der Waals surface area contributed by atoms with Gasteiger partial charge < -0.3 is 19.3 Å². The van der Waals surface area contributed by atoms with E-state index in [0.717, 1.165) is 0 Å². The lowest BCUT2D eigenvalue weighted by atomic mass is 10.0. The molecule has 0 saturated carbocycles. The number of aromatic nitrogens is 2. The van der Waals surface area contributed by atoms with Crippen LogP contribution in [-0.4, -0.2) is 34.8 Å². The summed E-state index contributed by atoms with van der Waals surface area (Å²) in [7, 11) is 1.30. The Morgan fingerprint density at radius 1 is 1.06 bits per heavy atom. The zero-order valence-corrected chi connectivity index (χ0v) is 16.7. The molecule has 0 radical (unpaired) electrons. The standard InChI is InChI=1S/C23H19N3O5/c1-29-23(28)12-16(10-11-27)18-7-3-5-9-20(18)31-22-13-21(25-15-26-22)30-19-8-4-2-6-17(19)14-24/h2-10,13,15,27H,11-12H2,1H3/b16-10-. The second-order valence-electron chi connectivity index (χ2n) is 6.17. The summed E-state index contributed by atoms with van der Waals surface area (Å²) in [6.45, 7) is -0.246. The number of hydrogen-bond acceptors (Lipinski definition) is 8. The van der Waals surface area contributed by atoms with E-state index in [1.54, 1.807) is 48.5 Å². The zero-order chi connectivity index (χ0) is 22.1. The van der Waals surface area contributed by atoms with Gasteiger partial charge in [-0.15, -0.1) is 0 Å². The van der Waals surface area contributed by atoms with E-state index in [2.05, 4.69) is 16.0 Å². The molecule has 0 atom stereocenters. The van der Waals surface area contributed by atoms with Crippen LogP contribution in [0.5, 0.6) is 23.3 Å². The van der Waals surface area contributed by atoms with Gasteiger partial charge in [-0.1, -0.05) is 36.4 Å². The molecule has 0 amide bonds. The molecule has 0 fully saturated rings. The fourth-order valence-electron chi connectivity index (χ4n) is 2.74. The van der Waals surface area contributed by atoms with Crippen molar-refractivity contribution in [3.63, 3.8) is 0 Å². The van der Waals surface area contributed by atoms with E-state index in [1.807, 2.05) is 0 Å².